The largest absolute Gasteiger partial charge is 0.382 e. The van der Waals surface area contributed by atoms with Crippen LogP contribution in [0.3, 0.4) is 0 Å². The molecule has 120 valence electrons. The van der Waals surface area contributed by atoms with Crippen LogP contribution >= 0.6 is 0 Å². The van der Waals surface area contributed by atoms with E-state index in [4.69, 9.17) is 24.7 Å². The van der Waals surface area contributed by atoms with Gasteiger partial charge in [-0.3, -0.25) is 0 Å². The molecule has 0 aliphatic carbocycles. The van der Waals surface area contributed by atoms with Gasteiger partial charge in [0.25, 0.3) is 0 Å². The number of nitrogens with two attached hydrogens (primary N) is 1. The highest BCUT2D eigenvalue weighted by Gasteiger charge is 1.98. The van der Waals surface area contributed by atoms with Crippen LogP contribution in [0.4, 0.5) is 4.79 Å². The zero-order valence-corrected chi connectivity index (χ0v) is 12.2. The third-order valence-electron chi connectivity index (χ3n) is 2.13. The minimum absolute atomic E-state index is 0.235. The topological polar surface area (TPSA) is 104 Å². The molecule has 0 aromatic carbocycles. The molecule has 0 aliphatic rings. The third-order valence-corrected chi connectivity index (χ3v) is 2.13. The van der Waals surface area contributed by atoms with Crippen LogP contribution in [0.2, 0.25) is 0 Å². The van der Waals surface area contributed by atoms with E-state index in [-0.39, 0.29) is 6.03 Å². The van der Waals surface area contributed by atoms with E-state index in [1.807, 2.05) is 0 Å². The fraction of sp³-hybridized carbons (Fsp3) is 0.917. The molecule has 8 heteroatoms. The van der Waals surface area contributed by atoms with Crippen molar-refractivity contribution in [1.82, 2.24) is 10.6 Å². The molecule has 0 rings (SSSR count). The number of hydrogen-bond donors (Lipinski definition) is 3. The first-order chi connectivity index (χ1) is 9.81. The highest BCUT2D eigenvalue weighted by Crippen LogP contribution is 1.79. The van der Waals surface area contributed by atoms with Gasteiger partial charge in [-0.15, -0.1) is 0 Å². The summed E-state index contributed by atoms with van der Waals surface area (Å²) in [6.07, 6.45) is 0. The van der Waals surface area contributed by atoms with E-state index >= 15 is 0 Å². The van der Waals surface area contributed by atoms with E-state index in [1.54, 1.807) is 7.11 Å². The van der Waals surface area contributed by atoms with E-state index in [0.717, 1.165) is 0 Å². The lowest BCUT2D eigenvalue weighted by atomic mass is 10.6. The highest BCUT2D eigenvalue weighted by molar-refractivity contribution is 5.73. The van der Waals surface area contributed by atoms with Crippen molar-refractivity contribution in [2.24, 2.45) is 5.73 Å². The number of hydrogen-bond acceptors (Lipinski definition) is 6. The van der Waals surface area contributed by atoms with Gasteiger partial charge in [0.1, 0.15) is 0 Å². The summed E-state index contributed by atoms with van der Waals surface area (Å²) in [6.45, 7) is 4.97. The van der Waals surface area contributed by atoms with E-state index in [9.17, 15) is 4.79 Å². The summed E-state index contributed by atoms with van der Waals surface area (Å²) in [5.74, 6) is 0. The van der Waals surface area contributed by atoms with Gasteiger partial charge in [0.15, 0.2) is 0 Å². The molecule has 0 aromatic heterocycles. The lowest BCUT2D eigenvalue weighted by Crippen LogP contribution is -2.39. The monoisotopic (exact) mass is 293 g/mol. The molecule has 0 fully saturated rings. The molecular weight excluding hydrogens is 266 g/mol. The van der Waals surface area contributed by atoms with Gasteiger partial charge in [0.2, 0.25) is 0 Å². The number of carbonyl (C=O) groups is 1. The predicted octanol–water partition coefficient (Wildman–Crippen LogP) is -1.06. The molecule has 8 nitrogen and oxygen atoms in total. The Morgan fingerprint density at radius 3 is 1.90 bits per heavy atom. The van der Waals surface area contributed by atoms with Crippen LogP contribution in [0.1, 0.15) is 0 Å². The maximum atomic E-state index is 11.3. The van der Waals surface area contributed by atoms with Crippen molar-refractivity contribution < 1.29 is 23.7 Å². The Kier molecular flexibility index (Phi) is 15.4. The number of methoxy groups -OCH3 is 1. The van der Waals surface area contributed by atoms with Crippen molar-refractivity contribution in [1.29, 1.82) is 0 Å². The van der Waals surface area contributed by atoms with E-state index in [0.29, 0.717) is 65.9 Å². The molecule has 0 saturated carbocycles. The average Bonchev–Trinajstić information content (AvgIpc) is 2.45. The van der Waals surface area contributed by atoms with Crippen LogP contribution in [0.5, 0.6) is 0 Å². The average molecular weight is 293 g/mol. The van der Waals surface area contributed by atoms with Crippen molar-refractivity contribution in [3.8, 4) is 0 Å². The fourth-order valence-corrected chi connectivity index (χ4v) is 1.19. The molecule has 0 unspecified atom stereocenters. The molecule has 0 spiro atoms. The van der Waals surface area contributed by atoms with Crippen LogP contribution in [0, 0.1) is 0 Å². The summed E-state index contributed by atoms with van der Waals surface area (Å²) in [7, 11) is 1.63. The highest BCUT2D eigenvalue weighted by atomic mass is 16.5. The quantitative estimate of drug-likeness (QED) is 0.353. The van der Waals surface area contributed by atoms with Crippen LogP contribution in [0.15, 0.2) is 0 Å². The zero-order valence-electron chi connectivity index (χ0n) is 12.2. The first kappa shape index (κ1) is 19.1. The SMILES string of the molecule is COCCOCCOCCNC(=O)NCCOCCN. The van der Waals surface area contributed by atoms with Crippen molar-refractivity contribution in [3.63, 3.8) is 0 Å². The van der Waals surface area contributed by atoms with Crippen LogP contribution < -0.4 is 16.4 Å². The summed E-state index contributed by atoms with van der Waals surface area (Å²) in [6, 6.07) is -0.235. The number of ether oxygens (including phenoxy) is 4. The molecule has 0 radical (unpaired) electrons. The normalized spacial score (nSPS) is 10.5. The summed E-state index contributed by atoms with van der Waals surface area (Å²) in [4.78, 5) is 11.3. The van der Waals surface area contributed by atoms with Crippen molar-refractivity contribution >= 4 is 6.03 Å². The van der Waals surface area contributed by atoms with Gasteiger partial charge in [-0.2, -0.15) is 0 Å². The number of rotatable bonds is 14. The molecule has 0 aliphatic heterocycles. The standard InChI is InChI=1S/C12H27N3O5/c1-17-8-9-20-11-10-19-7-4-15-12(16)14-3-6-18-5-2-13/h2-11,13H2,1H3,(H2,14,15,16). The van der Waals surface area contributed by atoms with E-state index < -0.39 is 0 Å². The van der Waals surface area contributed by atoms with Crippen molar-refractivity contribution in [3.05, 3.63) is 0 Å². The first-order valence-electron chi connectivity index (χ1n) is 6.75. The predicted molar refractivity (Wildman–Crippen MR) is 74.8 cm³/mol. The molecule has 2 amide bonds. The Balaban J connectivity index is 3.11. The maximum absolute atomic E-state index is 11.3. The van der Waals surface area contributed by atoms with Crippen molar-refractivity contribution in [2.75, 3.05) is 73.0 Å². The summed E-state index contributed by atoms with van der Waals surface area (Å²) >= 11 is 0. The summed E-state index contributed by atoms with van der Waals surface area (Å²) < 4.78 is 20.4. The summed E-state index contributed by atoms with van der Waals surface area (Å²) in [5, 5.41) is 5.33. The minimum atomic E-state index is -0.235. The molecule has 0 aromatic rings. The lowest BCUT2D eigenvalue weighted by molar-refractivity contribution is 0.0259. The minimum Gasteiger partial charge on any atom is -0.382 e. The van der Waals surface area contributed by atoms with Gasteiger partial charge >= 0.3 is 6.03 Å². The van der Waals surface area contributed by atoms with Crippen LogP contribution in [-0.2, 0) is 18.9 Å². The Bertz CT molecular complexity index is 219. The fourth-order valence-electron chi connectivity index (χ4n) is 1.19. The molecule has 0 saturated heterocycles. The lowest BCUT2D eigenvalue weighted by Gasteiger charge is -2.08. The Morgan fingerprint density at radius 1 is 0.850 bits per heavy atom. The maximum Gasteiger partial charge on any atom is 0.314 e. The zero-order chi connectivity index (χ0) is 14.9. The Hall–Kier alpha value is -0.930. The van der Waals surface area contributed by atoms with Gasteiger partial charge in [-0.05, 0) is 0 Å². The van der Waals surface area contributed by atoms with Gasteiger partial charge < -0.3 is 35.3 Å². The first-order valence-corrected chi connectivity index (χ1v) is 6.75. The molecule has 0 bridgehead atoms. The van der Waals surface area contributed by atoms with E-state index in [2.05, 4.69) is 10.6 Å². The van der Waals surface area contributed by atoms with Crippen LogP contribution in [0.25, 0.3) is 0 Å². The van der Waals surface area contributed by atoms with Crippen LogP contribution in [-0.4, -0.2) is 79.0 Å². The second-order valence-corrected chi connectivity index (χ2v) is 3.80. The Morgan fingerprint density at radius 2 is 1.35 bits per heavy atom. The molecule has 4 N–H and O–H groups in total. The van der Waals surface area contributed by atoms with E-state index in [1.165, 1.54) is 0 Å². The number of amides is 2. The Labute approximate surface area is 120 Å². The van der Waals surface area contributed by atoms with Gasteiger partial charge in [0.05, 0.1) is 46.2 Å². The number of urea groups is 1. The van der Waals surface area contributed by atoms with Gasteiger partial charge in [-0.25, -0.2) is 4.79 Å². The van der Waals surface area contributed by atoms with Crippen molar-refractivity contribution in [2.45, 2.75) is 0 Å². The molecule has 20 heavy (non-hydrogen) atoms. The smallest absolute Gasteiger partial charge is 0.314 e. The van der Waals surface area contributed by atoms with Gasteiger partial charge in [0, 0.05) is 26.7 Å². The molecule has 0 heterocycles. The summed E-state index contributed by atoms with van der Waals surface area (Å²) in [5.41, 5.74) is 5.26. The molecule has 0 atom stereocenters. The second-order valence-electron chi connectivity index (χ2n) is 3.80. The van der Waals surface area contributed by atoms with Gasteiger partial charge in [-0.1, -0.05) is 0 Å². The third kappa shape index (κ3) is 15.1. The molecular formula is C12H27N3O5. The number of carbonyl (C=O) groups excluding carboxylic acids is 1. The second kappa shape index (κ2) is 16.1. The number of nitrogens with one attached hydrogen (secondary N) is 2.